The van der Waals surface area contributed by atoms with Crippen molar-refractivity contribution in [2.45, 2.75) is 32.9 Å². The number of primary amides is 1. The first kappa shape index (κ1) is 15.7. The molecule has 0 spiro atoms. The molecular formula is C14H19N5O3. The maximum absolute atomic E-state index is 11.4. The number of rotatable bonds is 8. The van der Waals surface area contributed by atoms with Gasteiger partial charge < -0.3 is 15.2 Å². The highest BCUT2D eigenvalue weighted by Gasteiger charge is 2.13. The Morgan fingerprint density at radius 1 is 1.41 bits per heavy atom. The van der Waals surface area contributed by atoms with Crippen molar-refractivity contribution >= 4 is 5.91 Å². The molecule has 0 aliphatic carbocycles. The van der Waals surface area contributed by atoms with Crippen LogP contribution >= 0.6 is 0 Å². The first-order chi connectivity index (χ1) is 10.7. The quantitative estimate of drug-likeness (QED) is 0.784. The van der Waals surface area contributed by atoms with E-state index in [-0.39, 0.29) is 12.2 Å². The number of nitrogens with zero attached hydrogens (tertiary/aromatic N) is 4. The number of benzene rings is 1. The summed E-state index contributed by atoms with van der Waals surface area (Å²) in [5.41, 5.74) is 5.63. The minimum absolute atomic E-state index is 0.143. The highest BCUT2D eigenvalue weighted by Crippen LogP contribution is 2.25. The van der Waals surface area contributed by atoms with Gasteiger partial charge in [0.1, 0.15) is 18.1 Å². The van der Waals surface area contributed by atoms with Gasteiger partial charge in [0.05, 0.1) is 12.7 Å². The van der Waals surface area contributed by atoms with Crippen LogP contribution in [0.1, 0.15) is 35.9 Å². The number of methoxy groups -OCH3 is 1. The number of aromatic nitrogens is 4. The molecule has 1 heterocycles. The molecule has 2 N–H and O–H groups in total. The van der Waals surface area contributed by atoms with E-state index in [1.54, 1.807) is 22.9 Å². The van der Waals surface area contributed by atoms with Gasteiger partial charge in [0, 0.05) is 12.6 Å². The van der Waals surface area contributed by atoms with Crippen molar-refractivity contribution in [2.75, 3.05) is 7.11 Å². The molecule has 0 fully saturated rings. The van der Waals surface area contributed by atoms with E-state index < -0.39 is 5.91 Å². The van der Waals surface area contributed by atoms with Crippen molar-refractivity contribution in [3.05, 3.63) is 29.6 Å². The summed E-state index contributed by atoms with van der Waals surface area (Å²) in [7, 11) is 1.54. The zero-order valence-corrected chi connectivity index (χ0v) is 12.7. The van der Waals surface area contributed by atoms with Crippen molar-refractivity contribution < 1.29 is 14.3 Å². The molecule has 1 aromatic carbocycles. The zero-order chi connectivity index (χ0) is 15.9. The molecule has 0 aliphatic rings. The van der Waals surface area contributed by atoms with E-state index in [2.05, 4.69) is 22.4 Å². The summed E-state index contributed by atoms with van der Waals surface area (Å²) in [5, 5.41) is 11.5. The highest BCUT2D eigenvalue weighted by atomic mass is 16.5. The average molecular weight is 305 g/mol. The molecule has 0 saturated carbocycles. The Hall–Kier alpha value is -2.64. The summed E-state index contributed by atoms with van der Waals surface area (Å²) >= 11 is 0. The van der Waals surface area contributed by atoms with Crippen molar-refractivity contribution in [1.82, 2.24) is 20.2 Å². The van der Waals surface area contributed by atoms with Crippen molar-refractivity contribution in [3.63, 3.8) is 0 Å². The van der Waals surface area contributed by atoms with Crippen LogP contribution in [0.2, 0.25) is 0 Å². The number of nitrogens with two attached hydrogens (primary N) is 1. The van der Waals surface area contributed by atoms with E-state index in [1.165, 1.54) is 7.11 Å². The van der Waals surface area contributed by atoms with Gasteiger partial charge in [-0.2, -0.15) is 0 Å². The predicted molar refractivity (Wildman–Crippen MR) is 78.6 cm³/mol. The van der Waals surface area contributed by atoms with Crippen LogP contribution in [-0.4, -0.2) is 33.2 Å². The smallest absolute Gasteiger partial charge is 0.252 e. The molecule has 0 aliphatic heterocycles. The Morgan fingerprint density at radius 2 is 2.23 bits per heavy atom. The van der Waals surface area contributed by atoms with Gasteiger partial charge in [-0.25, -0.2) is 4.68 Å². The second-order valence-corrected chi connectivity index (χ2v) is 4.69. The lowest BCUT2D eigenvalue weighted by molar-refractivity contribution is 0.0995. The number of unbranched alkanes of at least 4 members (excludes halogenated alkanes) is 1. The highest BCUT2D eigenvalue weighted by molar-refractivity contribution is 5.95. The summed E-state index contributed by atoms with van der Waals surface area (Å²) in [5.74, 6) is 0.942. The van der Waals surface area contributed by atoms with Gasteiger partial charge in [0.15, 0.2) is 5.82 Å². The largest absolute Gasteiger partial charge is 0.497 e. The SMILES string of the molecule is CCCCn1nnnc1COc1cc(OC)ccc1C(N)=O. The van der Waals surface area contributed by atoms with Gasteiger partial charge in [0.25, 0.3) is 5.91 Å². The summed E-state index contributed by atoms with van der Waals surface area (Å²) in [6.07, 6.45) is 2.02. The molecule has 0 bridgehead atoms. The van der Waals surface area contributed by atoms with Crippen LogP contribution < -0.4 is 15.2 Å². The fourth-order valence-electron chi connectivity index (χ4n) is 1.90. The molecule has 8 nitrogen and oxygen atoms in total. The molecule has 1 aromatic heterocycles. The number of carbonyl (C=O) groups excluding carboxylic acids is 1. The van der Waals surface area contributed by atoms with E-state index >= 15 is 0 Å². The van der Waals surface area contributed by atoms with Gasteiger partial charge in [0.2, 0.25) is 0 Å². The fourth-order valence-corrected chi connectivity index (χ4v) is 1.90. The fraction of sp³-hybridized carbons (Fsp3) is 0.429. The molecule has 0 radical (unpaired) electrons. The van der Waals surface area contributed by atoms with Gasteiger partial charge in [-0.05, 0) is 29.0 Å². The van der Waals surface area contributed by atoms with Crippen LogP contribution in [0.25, 0.3) is 0 Å². The lowest BCUT2D eigenvalue weighted by Crippen LogP contribution is -2.14. The number of aryl methyl sites for hydroxylation is 1. The molecule has 0 unspecified atom stereocenters. The summed E-state index contributed by atoms with van der Waals surface area (Å²) < 4.78 is 12.5. The number of amides is 1. The van der Waals surface area contributed by atoms with Crippen molar-refractivity contribution in [1.29, 1.82) is 0 Å². The van der Waals surface area contributed by atoms with Crippen LogP contribution in [0.5, 0.6) is 11.5 Å². The van der Waals surface area contributed by atoms with E-state index in [4.69, 9.17) is 15.2 Å². The summed E-state index contributed by atoms with van der Waals surface area (Å²) in [6.45, 7) is 2.96. The molecule has 118 valence electrons. The van der Waals surface area contributed by atoms with E-state index in [0.29, 0.717) is 17.3 Å². The molecule has 8 heteroatoms. The average Bonchev–Trinajstić information content (AvgIpc) is 2.97. The number of carbonyl (C=O) groups is 1. The third-order valence-corrected chi connectivity index (χ3v) is 3.14. The van der Waals surface area contributed by atoms with Gasteiger partial charge in [-0.1, -0.05) is 13.3 Å². The van der Waals surface area contributed by atoms with E-state index in [9.17, 15) is 4.79 Å². The monoisotopic (exact) mass is 305 g/mol. The van der Waals surface area contributed by atoms with Gasteiger partial charge in [-0.15, -0.1) is 5.10 Å². The minimum atomic E-state index is -0.566. The number of hydrogen-bond donors (Lipinski definition) is 1. The second kappa shape index (κ2) is 7.39. The Bertz CT molecular complexity index is 641. The maximum atomic E-state index is 11.4. The zero-order valence-electron chi connectivity index (χ0n) is 12.7. The minimum Gasteiger partial charge on any atom is -0.497 e. The third kappa shape index (κ3) is 3.72. The van der Waals surface area contributed by atoms with Crippen LogP contribution in [0, 0.1) is 0 Å². The van der Waals surface area contributed by atoms with Crippen molar-refractivity contribution in [3.8, 4) is 11.5 Å². The number of tetrazole rings is 1. The number of hydrogen-bond acceptors (Lipinski definition) is 6. The normalized spacial score (nSPS) is 10.5. The molecule has 2 rings (SSSR count). The molecule has 2 aromatic rings. The standard InChI is InChI=1S/C14H19N5O3/c1-3-4-7-19-13(16-17-18-19)9-22-12-8-10(21-2)5-6-11(12)14(15)20/h5-6,8H,3-4,7,9H2,1-2H3,(H2,15,20). The lowest BCUT2D eigenvalue weighted by atomic mass is 10.2. The molecular weight excluding hydrogens is 286 g/mol. The summed E-state index contributed by atoms with van der Waals surface area (Å²) in [4.78, 5) is 11.4. The van der Waals surface area contributed by atoms with Crippen molar-refractivity contribution in [2.24, 2.45) is 5.73 Å². The first-order valence-electron chi connectivity index (χ1n) is 7.01. The number of ether oxygens (including phenoxy) is 2. The lowest BCUT2D eigenvalue weighted by Gasteiger charge is -2.11. The summed E-state index contributed by atoms with van der Waals surface area (Å²) in [6, 6.07) is 4.83. The first-order valence-corrected chi connectivity index (χ1v) is 7.01. The van der Waals surface area contributed by atoms with Crippen LogP contribution in [0.4, 0.5) is 0 Å². The van der Waals surface area contributed by atoms with Gasteiger partial charge >= 0.3 is 0 Å². The van der Waals surface area contributed by atoms with E-state index in [0.717, 1.165) is 19.4 Å². The molecule has 22 heavy (non-hydrogen) atoms. The van der Waals surface area contributed by atoms with Crippen LogP contribution in [0.3, 0.4) is 0 Å². The Labute approximate surface area is 128 Å². The van der Waals surface area contributed by atoms with Crippen LogP contribution in [-0.2, 0) is 13.2 Å². The molecule has 1 amide bonds. The third-order valence-electron chi connectivity index (χ3n) is 3.14. The molecule has 0 atom stereocenters. The van der Waals surface area contributed by atoms with E-state index in [1.807, 2.05) is 0 Å². The Balaban J connectivity index is 2.14. The second-order valence-electron chi connectivity index (χ2n) is 4.69. The van der Waals surface area contributed by atoms with Gasteiger partial charge in [-0.3, -0.25) is 4.79 Å². The predicted octanol–water partition coefficient (Wildman–Crippen LogP) is 1.16. The Morgan fingerprint density at radius 3 is 2.91 bits per heavy atom. The maximum Gasteiger partial charge on any atom is 0.252 e. The topological polar surface area (TPSA) is 105 Å². The Kier molecular flexibility index (Phi) is 5.29. The molecule has 0 saturated heterocycles. The van der Waals surface area contributed by atoms with Crippen LogP contribution in [0.15, 0.2) is 18.2 Å².